The molecular formula is C13H23N5O. The summed E-state index contributed by atoms with van der Waals surface area (Å²) in [5.74, 6) is 1.60. The number of amides is 1. The van der Waals surface area contributed by atoms with E-state index < -0.39 is 0 Å². The highest BCUT2D eigenvalue weighted by Crippen LogP contribution is 2.08. The van der Waals surface area contributed by atoms with Crippen molar-refractivity contribution < 1.29 is 4.79 Å². The van der Waals surface area contributed by atoms with Gasteiger partial charge in [-0.25, -0.2) is 9.97 Å². The Kier molecular flexibility index (Phi) is 5.69. The second kappa shape index (κ2) is 7.04. The van der Waals surface area contributed by atoms with Gasteiger partial charge in [0.25, 0.3) is 0 Å². The second-order valence-corrected chi connectivity index (χ2v) is 5.09. The highest BCUT2D eigenvalue weighted by molar-refractivity contribution is 5.75. The summed E-state index contributed by atoms with van der Waals surface area (Å²) in [6.45, 7) is 7.66. The highest BCUT2D eigenvalue weighted by Gasteiger charge is 2.13. The Bertz CT molecular complexity index is 433. The van der Waals surface area contributed by atoms with Gasteiger partial charge < -0.3 is 11.1 Å². The van der Waals surface area contributed by atoms with Crippen LogP contribution in [0.2, 0.25) is 0 Å². The summed E-state index contributed by atoms with van der Waals surface area (Å²) in [7, 11) is 1.82. The normalized spacial score (nSPS) is 11.1. The van der Waals surface area contributed by atoms with Gasteiger partial charge in [-0.05, 0) is 12.8 Å². The van der Waals surface area contributed by atoms with Crippen LogP contribution in [0, 0.1) is 12.8 Å². The van der Waals surface area contributed by atoms with E-state index in [-0.39, 0.29) is 12.5 Å². The molecule has 0 aliphatic heterocycles. The van der Waals surface area contributed by atoms with E-state index >= 15 is 0 Å². The van der Waals surface area contributed by atoms with Gasteiger partial charge in [-0.15, -0.1) is 0 Å². The Labute approximate surface area is 114 Å². The molecule has 0 bridgehead atoms. The number of nitrogens with zero attached hydrogens (tertiary/aromatic N) is 3. The van der Waals surface area contributed by atoms with Crippen molar-refractivity contribution in [1.82, 2.24) is 14.9 Å². The van der Waals surface area contributed by atoms with Crippen LogP contribution >= 0.6 is 0 Å². The topological polar surface area (TPSA) is 84.1 Å². The molecule has 0 aromatic carbocycles. The second-order valence-electron chi connectivity index (χ2n) is 5.09. The fourth-order valence-corrected chi connectivity index (χ4v) is 1.95. The minimum Gasteiger partial charge on any atom is -0.373 e. The van der Waals surface area contributed by atoms with Crippen LogP contribution in [0.25, 0.3) is 0 Å². The van der Waals surface area contributed by atoms with Crippen molar-refractivity contribution in [1.29, 1.82) is 0 Å². The molecule has 0 unspecified atom stereocenters. The fourth-order valence-electron chi connectivity index (χ4n) is 1.95. The Morgan fingerprint density at radius 3 is 2.68 bits per heavy atom. The number of carbonyl (C=O) groups is 1. The van der Waals surface area contributed by atoms with Gasteiger partial charge >= 0.3 is 0 Å². The van der Waals surface area contributed by atoms with E-state index in [9.17, 15) is 4.79 Å². The Balaban J connectivity index is 2.82. The summed E-state index contributed by atoms with van der Waals surface area (Å²) >= 11 is 0. The molecule has 106 valence electrons. The van der Waals surface area contributed by atoms with E-state index in [0.29, 0.717) is 18.3 Å². The summed E-state index contributed by atoms with van der Waals surface area (Å²) in [6.07, 6.45) is 0. The molecule has 19 heavy (non-hydrogen) atoms. The lowest BCUT2D eigenvalue weighted by atomic mass is 10.2. The molecule has 1 aromatic heterocycles. The van der Waals surface area contributed by atoms with Crippen molar-refractivity contribution in [3.63, 3.8) is 0 Å². The van der Waals surface area contributed by atoms with Gasteiger partial charge in [0, 0.05) is 25.4 Å². The number of carbonyl (C=O) groups excluding carboxylic acids is 1. The Hall–Kier alpha value is -1.69. The molecule has 0 radical (unpaired) electrons. The third-order valence-electron chi connectivity index (χ3n) is 2.52. The summed E-state index contributed by atoms with van der Waals surface area (Å²) in [6, 6.07) is 1.88. The van der Waals surface area contributed by atoms with Gasteiger partial charge in [0.15, 0.2) is 0 Å². The van der Waals surface area contributed by atoms with E-state index in [0.717, 1.165) is 18.1 Å². The third-order valence-corrected chi connectivity index (χ3v) is 2.52. The van der Waals surface area contributed by atoms with Gasteiger partial charge in [0.05, 0.1) is 13.1 Å². The summed E-state index contributed by atoms with van der Waals surface area (Å²) in [5.41, 5.74) is 6.18. The van der Waals surface area contributed by atoms with Crippen molar-refractivity contribution in [2.45, 2.75) is 27.3 Å². The fraction of sp³-hybridized carbons (Fsp3) is 0.615. The molecule has 0 atom stereocenters. The zero-order valence-electron chi connectivity index (χ0n) is 12.1. The van der Waals surface area contributed by atoms with Crippen LogP contribution < -0.4 is 11.1 Å². The standard InChI is InChI=1S/C13H23N5O/c1-9(2)6-18(7-11(14)19)8-13-16-10(3)5-12(15-4)17-13/h5,9H,6-8H2,1-4H3,(H2,14,19)(H,15,16,17). The van der Waals surface area contributed by atoms with E-state index in [1.165, 1.54) is 0 Å². The molecule has 0 spiro atoms. The molecule has 1 amide bonds. The van der Waals surface area contributed by atoms with E-state index in [2.05, 4.69) is 29.1 Å². The zero-order valence-corrected chi connectivity index (χ0v) is 12.1. The molecule has 1 rings (SSSR count). The molecule has 6 nitrogen and oxygen atoms in total. The minimum absolute atomic E-state index is 0.227. The highest BCUT2D eigenvalue weighted by atomic mass is 16.1. The number of aryl methyl sites for hydroxylation is 1. The number of hydrogen-bond acceptors (Lipinski definition) is 5. The molecule has 3 N–H and O–H groups in total. The average Bonchev–Trinajstić information content (AvgIpc) is 2.26. The molecule has 0 saturated heterocycles. The lowest BCUT2D eigenvalue weighted by Gasteiger charge is -2.22. The van der Waals surface area contributed by atoms with E-state index in [1.807, 2.05) is 24.9 Å². The molecule has 0 fully saturated rings. The zero-order chi connectivity index (χ0) is 14.4. The maximum Gasteiger partial charge on any atom is 0.231 e. The number of nitrogens with two attached hydrogens (primary N) is 1. The van der Waals surface area contributed by atoms with Crippen molar-refractivity contribution in [3.05, 3.63) is 17.6 Å². The smallest absolute Gasteiger partial charge is 0.231 e. The monoisotopic (exact) mass is 265 g/mol. The van der Waals surface area contributed by atoms with Crippen LogP contribution in [-0.4, -0.2) is 40.9 Å². The van der Waals surface area contributed by atoms with Crippen molar-refractivity contribution in [2.75, 3.05) is 25.5 Å². The first-order valence-electron chi connectivity index (χ1n) is 6.43. The lowest BCUT2D eigenvalue weighted by Crippen LogP contribution is -2.36. The first-order chi connectivity index (χ1) is 8.90. The number of primary amides is 1. The molecule has 6 heteroatoms. The number of nitrogens with one attached hydrogen (secondary N) is 1. The molecular weight excluding hydrogens is 242 g/mol. The number of anilines is 1. The molecule has 0 aliphatic carbocycles. The molecule has 0 aliphatic rings. The predicted octanol–water partition coefficient (Wildman–Crippen LogP) is 0.770. The molecule has 1 aromatic rings. The van der Waals surface area contributed by atoms with Crippen LogP contribution in [0.3, 0.4) is 0 Å². The number of hydrogen-bond donors (Lipinski definition) is 2. The maximum atomic E-state index is 11.1. The maximum absolute atomic E-state index is 11.1. The lowest BCUT2D eigenvalue weighted by molar-refractivity contribution is -0.119. The van der Waals surface area contributed by atoms with Gasteiger partial charge in [0.2, 0.25) is 5.91 Å². The Morgan fingerprint density at radius 1 is 1.47 bits per heavy atom. The summed E-state index contributed by atoms with van der Waals surface area (Å²) in [4.78, 5) is 21.9. The van der Waals surface area contributed by atoms with Crippen molar-refractivity contribution in [2.24, 2.45) is 11.7 Å². The van der Waals surface area contributed by atoms with Crippen LogP contribution in [0.15, 0.2) is 6.07 Å². The van der Waals surface area contributed by atoms with E-state index in [1.54, 1.807) is 0 Å². The first-order valence-corrected chi connectivity index (χ1v) is 6.43. The number of aromatic nitrogens is 2. The van der Waals surface area contributed by atoms with Crippen molar-refractivity contribution >= 4 is 11.7 Å². The Morgan fingerprint density at radius 2 is 2.16 bits per heavy atom. The van der Waals surface area contributed by atoms with Crippen molar-refractivity contribution in [3.8, 4) is 0 Å². The van der Waals surface area contributed by atoms with Crippen LogP contribution in [-0.2, 0) is 11.3 Å². The van der Waals surface area contributed by atoms with Crippen LogP contribution in [0.1, 0.15) is 25.4 Å². The predicted molar refractivity (Wildman–Crippen MR) is 75.6 cm³/mol. The molecule has 1 heterocycles. The third kappa shape index (κ3) is 5.65. The van der Waals surface area contributed by atoms with Crippen LogP contribution in [0.4, 0.5) is 5.82 Å². The quantitative estimate of drug-likeness (QED) is 0.760. The summed E-state index contributed by atoms with van der Waals surface area (Å²) < 4.78 is 0. The average molecular weight is 265 g/mol. The minimum atomic E-state index is -0.331. The summed E-state index contributed by atoms with van der Waals surface area (Å²) in [5, 5.41) is 3.00. The van der Waals surface area contributed by atoms with Gasteiger partial charge in [0.1, 0.15) is 11.6 Å². The van der Waals surface area contributed by atoms with E-state index in [4.69, 9.17) is 5.73 Å². The van der Waals surface area contributed by atoms with Gasteiger partial charge in [-0.1, -0.05) is 13.8 Å². The molecule has 0 saturated carbocycles. The largest absolute Gasteiger partial charge is 0.373 e. The van der Waals surface area contributed by atoms with Crippen LogP contribution in [0.5, 0.6) is 0 Å². The van der Waals surface area contributed by atoms with Gasteiger partial charge in [-0.2, -0.15) is 0 Å². The van der Waals surface area contributed by atoms with Gasteiger partial charge in [-0.3, -0.25) is 9.69 Å². The number of rotatable bonds is 7. The first kappa shape index (κ1) is 15.4. The SMILES string of the molecule is CNc1cc(C)nc(CN(CC(N)=O)CC(C)C)n1.